The first-order valence-corrected chi connectivity index (χ1v) is 8.36. The monoisotopic (exact) mass is 304 g/mol. The van der Waals surface area contributed by atoms with Gasteiger partial charge in [0.1, 0.15) is 5.75 Å². The van der Waals surface area contributed by atoms with Gasteiger partial charge in [-0.25, -0.2) is 0 Å². The Hall–Kier alpha value is -1.55. The minimum absolute atomic E-state index is 0.0156. The fraction of sp³-hybridized carbons (Fsp3) is 0.611. The Morgan fingerprint density at radius 1 is 1.27 bits per heavy atom. The van der Waals surface area contributed by atoms with Crippen LogP contribution in [-0.4, -0.2) is 19.1 Å². The van der Waals surface area contributed by atoms with E-state index in [1.165, 1.54) is 19.3 Å². The van der Waals surface area contributed by atoms with Gasteiger partial charge in [-0.15, -0.1) is 0 Å². The van der Waals surface area contributed by atoms with E-state index in [-0.39, 0.29) is 11.3 Å². The third-order valence-corrected chi connectivity index (χ3v) is 4.63. The normalized spacial score (nSPS) is 17.0. The quantitative estimate of drug-likeness (QED) is 0.814. The molecule has 1 aromatic rings. The summed E-state index contributed by atoms with van der Waals surface area (Å²) in [6, 6.07) is 7.84. The molecule has 22 heavy (non-hydrogen) atoms. The van der Waals surface area contributed by atoms with Crippen molar-refractivity contribution in [3.05, 3.63) is 29.8 Å². The van der Waals surface area contributed by atoms with Gasteiger partial charge in [0, 0.05) is 18.5 Å². The number of carbonyl (C=O) groups is 1. The Morgan fingerprint density at radius 3 is 2.68 bits per heavy atom. The molecule has 0 spiro atoms. The first-order valence-electron chi connectivity index (χ1n) is 8.36. The van der Waals surface area contributed by atoms with Gasteiger partial charge in [-0.05, 0) is 37.8 Å². The Kier molecular flexibility index (Phi) is 6.25. The number of amides is 1. The molecule has 0 atom stereocenters. The number of ether oxygens (including phenoxy) is 1. The van der Waals surface area contributed by atoms with Gasteiger partial charge in [0.25, 0.3) is 0 Å². The molecule has 1 fully saturated rings. The van der Waals surface area contributed by atoms with E-state index in [9.17, 15) is 4.79 Å². The smallest absolute Gasteiger partial charge is 0.220 e. The third-order valence-electron chi connectivity index (χ3n) is 4.63. The molecule has 1 aliphatic rings. The SMILES string of the molecule is CCOc1ccccc1CNC(=O)CC1(CN)CCCCC1. The molecule has 0 aromatic heterocycles. The third kappa shape index (κ3) is 4.47. The van der Waals surface area contributed by atoms with Crippen molar-refractivity contribution in [3.63, 3.8) is 0 Å². The molecule has 4 heteroatoms. The molecule has 1 saturated carbocycles. The van der Waals surface area contributed by atoms with Gasteiger partial charge in [0.15, 0.2) is 0 Å². The zero-order valence-electron chi connectivity index (χ0n) is 13.6. The van der Waals surface area contributed by atoms with E-state index in [2.05, 4.69) is 5.32 Å². The van der Waals surface area contributed by atoms with Gasteiger partial charge in [-0.3, -0.25) is 4.79 Å². The van der Waals surface area contributed by atoms with E-state index in [0.29, 0.717) is 26.1 Å². The van der Waals surface area contributed by atoms with Gasteiger partial charge >= 0.3 is 0 Å². The molecule has 122 valence electrons. The van der Waals surface area contributed by atoms with Crippen LogP contribution < -0.4 is 15.8 Å². The van der Waals surface area contributed by atoms with Crippen LogP contribution in [0.4, 0.5) is 0 Å². The molecule has 1 aromatic carbocycles. The second-order valence-electron chi connectivity index (χ2n) is 6.26. The predicted octanol–water partition coefficient (Wildman–Crippen LogP) is 3.00. The molecule has 0 bridgehead atoms. The second kappa shape index (κ2) is 8.18. The number of carbonyl (C=O) groups excluding carboxylic acids is 1. The van der Waals surface area contributed by atoms with E-state index >= 15 is 0 Å². The van der Waals surface area contributed by atoms with Crippen LogP contribution in [0.15, 0.2) is 24.3 Å². The lowest BCUT2D eigenvalue weighted by Gasteiger charge is -2.35. The second-order valence-corrected chi connectivity index (χ2v) is 6.26. The summed E-state index contributed by atoms with van der Waals surface area (Å²) in [5.41, 5.74) is 6.99. The minimum atomic E-state index is 0.0156. The summed E-state index contributed by atoms with van der Waals surface area (Å²) in [7, 11) is 0. The van der Waals surface area contributed by atoms with Crippen LogP contribution in [0, 0.1) is 5.41 Å². The van der Waals surface area contributed by atoms with Crippen LogP contribution in [0.5, 0.6) is 5.75 Å². The molecule has 1 amide bonds. The summed E-state index contributed by atoms with van der Waals surface area (Å²) in [6.07, 6.45) is 6.35. The lowest BCUT2D eigenvalue weighted by Crippen LogP contribution is -2.38. The van der Waals surface area contributed by atoms with Crippen molar-refractivity contribution in [2.75, 3.05) is 13.2 Å². The number of nitrogens with one attached hydrogen (secondary N) is 1. The maximum Gasteiger partial charge on any atom is 0.220 e. The van der Waals surface area contributed by atoms with E-state index in [1.54, 1.807) is 0 Å². The van der Waals surface area contributed by atoms with Gasteiger partial charge in [-0.1, -0.05) is 37.5 Å². The van der Waals surface area contributed by atoms with Crippen LogP contribution in [0.3, 0.4) is 0 Å². The number of rotatable bonds is 7. The maximum absolute atomic E-state index is 12.3. The van der Waals surface area contributed by atoms with E-state index < -0.39 is 0 Å². The Morgan fingerprint density at radius 2 is 2.00 bits per heavy atom. The van der Waals surface area contributed by atoms with E-state index in [0.717, 1.165) is 24.2 Å². The number of hydrogen-bond donors (Lipinski definition) is 2. The summed E-state index contributed by atoms with van der Waals surface area (Å²) >= 11 is 0. The van der Waals surface area contributed by atoms with Crippen molar-refractivity contribution >= 4 is 5.91 Å². The van der Waals surface area contributed by atoms with Crippen LogP contribution in [0.1, 0.15) is 51.0 Å². The highest BCUT2D eigenvalue weighted by Gasteiger charge is 2.32. The Labute approximate surface area is 133 Å². The maximum atomic E-state index is 12.3. The van der Waals surface area contributed by atoms with Crippen molar-refractivity contribution in [2.24, 2.45) is 11.1 Å². The standard InChI is InChI=1S/C18H28N2O2/c1-2-22-16-9-5-4-8-15(16)13-20-17(21)12-18(14-19)10-6-3-7-11-18/h4-5,8-9H,2-3,6-7,10-14,19H2,1H3,(H,20,21). The molecule has 0 saturated heterocycles. The molecule has 0 aliphatic heterocycles. The zero-order chi connectivity index (χ0) is 15.8. The summed E-state index contributed by atoms with van der Waals surface area (Å²) in [5.74, 6) is 0.940. The molecule has 0 unspecified atom stereocenters. The number of para-hydroxylation sites is 1. The van der Waals surface area contributed by atoms with Crippen molar-refractivity contribution in [1.82, 2.24) is 5.32 Å². The highest BCUT2D eigenvalue weighted by atomic mass is 16.5. The van der Waals surface area contributed by atoms with Gasteiger partial charge in [0.2, 0.25) is 5.91 Å². The predicted molar refractivity (Wildman–Crippen MR) is 88.6 cm³/mol. The largest absolute Gasteiger partial charge is 0.494 e. The summed E-state index contributed by atoms with van der Waals surface area (Å²) < 4.78 is 5.59. The number of benzene rings is 1. The van der Waals surface area contributed by atoms with E-state index in [4.69, 9.17) is 10.5 Å². The number of nitrogens with two attached hydrogens (primary N) is 1. The van der Waals surface area contributed by atoms with Crippen molar-refractivity contribution in [1.29, 1.82) is 0 Å². The summed E-state index contributed by atoms with van der Waals surface area (Å²) in [5, 5.41) is 3.03. The average molecular weight is 304 g/mol. The topological polar surface area (TPSA) is 64.3 Å². The van der Waals surface area contributed by atoms with Gasteiger partial charge < -0.3 is 15.8 Å². The van der Waals surface area contributed by atoms with Crippen LogP contribution in [0.25, 0.3) is 0 Å². The highest BCUT2D eigenvalue weighted by molar-refractivity contribution is 5.76. The van der Waals surface area contributed by atoms with Gasteiger partial charge in [-0.2, -0.15) is 0 Å². The zero-order valence-corrected chi connectivity index (χ0v) is 13.6. The molecule has 3 N–H and O–H groups in total. The molecule has 0 radical (unpaired) electrons. The molecule has 2 rings (SSSR count). The van der Waals surface area contributed by atoms with Gasteiger partial charge in [0.05, 0.1) is 6.61 Å². The number of hydrogen-bond acceptors (Lipinski definition) is 3. The molecular weight excluding hydrogens is 276 g/mol. The lowest BCUT2D eigenvalue weighted by molar-refractivity contribution is -0.124. The van der Waals surface area contributed by atoms with Crippen LogP contribution in [0.2, 0.25) is 0 Å². The first-order chi connectivity index (χ1) is 10.7. The fourth-order valence-electron chi connectivity index (χ4n) is 3.30. The van der Waals surface area contributed by atoms with Crippen LogP contribution in [-0.2, 0) is 11.3 Å². The molecule has 4 nitrogen and oxygen atoms in total. The van der Waals surface area contributed by atoms with Crippen LogP contribution >= 0.6 is 0 Å². The van der Waals surface area contributed by atoms with Crippen molar-refractivity contribution in [2.45, 2.75) is 52.0 Å². The highest BCUT2D eigenvalue weighted by Crippen LogP contribution is 2.38. The fourth-order valence-corrected chi connectivity index (χ4v) is 3.30. The summed E-state index contributed by atoms with van der Waals surface area (Å²) in [4.78, 5) is 12.3. The Balaban J connectivity index is 1.90. The lowest BCUT2D eigenvalue weighted by atomic mass is 9.71. The summed E-state index contributed by atoms with van der Waals surface area (Å²) in [6.45, 7) is 3.70. The molecular formula is C18H28N2O2. The van der Waals surface area contributed by atoms with E-state index in [1.807, 2.05) is 31.2 Å². The molecule has 1 aliphatic carbocycles. The molecule has 0 heterocycles. The average Bonchev–Trinajstić information content (AvgIpc) is 2.55. The Bertz CT molecular complexity index is 482. The first kappa shape index (κ1) is 16.8. The minimum Gasteiger partial charge on any atom is -0.494 e. The van der Waals surface area contributed by atoms with Crippen molar-refractivity contribution < 1.29 is 9.53 Å². The van der Waals surface area contributed by atoms with Crippen molar-refractivity contribution in [3.8, 4) is 5.75 Å².